The van der Waals surface area contributed by atoms with Gasteiger partial charge in [-0.15, -0.1) is 0 Å². The van der Waals surface area contributed by atoms with Gasteiger partial charge in [0.15, 0.2) is 5.54 Å². The lowest BCUT2D eigenvalue weighted by Crippen LogP contribution is -2.50. The number of carbonyl (C=O) groups excluding carboxylic acids is 1. The van der Waals surface area contributed by atoms with E-state index in [4.69, 9.17) is 19.6 Å². The van der Waals surface area contributed by atoms with Crippen molar-refractivity contribution < 1.29 is 19.4 Å². The number of aliphatic hydroxyl groups is 1. The molecule has 1 amide bonds. The van der Waals surface area contributed by atoms with Crippen LogP contribution in [0.2, 0.25) is 0 Å². The van der Waals surface area contributed by atoms with Crippen LogP contribution < -0.4 is 15.6 Å². The van der Waals surface area contributed by atoms with Crippen LogP contribution in [0.4, 0.5) is 5.69 Å². The maximum absolute atomic E-state index is 13.3. The Hall–Kier alpha value is -3.84. The van der Waals surface area contributed by atoms with Crippen molar-refractivity contribution in [3.8, 4) is 5.75 Å². The van der Waals surface area contributed by atoms with E-state index in [9.17, 15) is 4.79 Å². The van der Waals surface area contributed by atoms with Crippen LogP contribution in [-0.4, -0.2) is 42.3 Å². The van der Waals surface area contributed by atoms with Crippen molar-refractivity contribution in [3.05, 3.63) is 96.1 Å². The van der Waals surface area contributed by atoms with Crippen LogP contribution >= 0.6 is 0 Å². The number of anilines is 1. The number of amides is 1. The van der Waals surface area contributed by atoms with Gasteiger partial charge in [0.2, 0.25) is 5.90 Å². The summed E-state index contributed by atoms with van der Waals surface area (Å²) in [6, 6.07) is 26.6. The highest BCUT2D eigenvalue weighted by molar-refractivity contribution is 6.00. The minimum absolute atomic E-state index is 0.0907. The Bertz CT molecular complexity index is 1070. The lowest BCUT2D eigenvalue weighted by Gasteiger charge is -2.23. The fraction of sp³-hybridized carbons (Fsp3) is 0.231. The van der Waals surface area contributed by atoms with Crippen molar-refractivity contribution in [2.24, 2.45) is 4.99 Å². The summed E-state index contributed by atoms with van der Waals surface area (Å²) in [4.78, 5) is 18.1. The molecule has 33 heavy (non-hydrogen) atoms. The van der Waals surface area contributed by atoms with E-state index in [1.807, 2.05) is 84.9 Å². The molecule has 0 saturated carbocycles. The van der Waals surface area contributed by atoms with Gasteiger partial charge in [0.05, 0.1) is 12.3 Å². The number of hydrazine groups is 1. The van der Waals surface area contributed by atoms with E-state index in [0.717, 1.165) is 16.8 Å². The summed E-state index contributed by atoms with van der Waals surface area (Å²) in [5.41, 5.74) is 7.19. The zero-order valence-corrected chi connectivity index (χ0v) is 18.2. The smallest absolute Gasteiger partial charge is 0.270 e. The zero-order chi connectivity index (χ0) is 22.9. The standard InChI is InChI=1S/C26H27N3O4/c30-16-7-17-32-23-14-12-21(13-15-23)24-27-26(19-33-24,18-20-8-3-1-4-9-20)25(31)29-28-22-10-5-2-6-11-22/h1-6,8-15,28,30H,7,16-19H2,(H,29,31)/t26-/m0/s1. The number of aliphatic hydroxyl groups excluding tert-OH is 1. The number of hydrogen-bond acceptors (Lipinski definition) is 6. The van der Waals surface area contributed by atoms with Crippen molar-refractivity contribution >= 4 is 17.5 Å². The Balaban J connectivity index is 1.54. The number of benzene rings is 3. The van der Waals surface area contributed by atoms with Crippen LogP contribution in [0.3, 0.4) is 0 Å². The van der Waals surface area contributed by atoms with Crippen molar-refractivity contribution in [1.82, 2.24) is 5.43 Å². The number of carbonyl (C=O) groups is 1. The van der Waals surface area contributed by atoms with Gasteiger partial charge in [-0.2, -0.15) is 0 Å². The second-order valence-electron chi connectivity index (χ2n) is 7.79. The molecule has 0 saturated heterocycles. The minimum atomic E-state index is -1.10. The van der Waals surface area contributed by atoms with E-state index in [0.29, 0.717) is 31.1 Å². The topological polar surface area (TPSA) is 92.2 Å². The first kappa shape index (κ1) is 22.4. The molecule has 7 nitrogen and oxygen atoms in total. The Kier molecular flexibility index (Phi) is 7.22. The van der Waals surface area contributed by atoms with E-state index < -0.39 is 5.54 Å². The van der Waals surface area contributed by atoms with E-state index in [2.05, 4.69) is 10.9 Å². The van der Waals surface area contributed by atoms with Gasteiger partial charge in [0.1, 0.15) is 12.4 Å². The highest BCUT2D eigenvalue weighted by atomic mass is 16.5. The molecule has 0 fully saturated rings. The van der Waals surface area contributed by atoms with E-state index in [1.54, 1.807) is 0 Å². The third-order valence-corrected chi connectivity index (χ3v) is 5.29. The molecule has 3 N–H and O–H groups in total. The quantitative estimate of drug-likeness (QED) is 0.329. The Morgan fingerprint density at radius 1 is 1.00 bits per heavy atom. The molecule has 1 aliphatic heterocycles. The Morgan fingerprint density at radius 2 is 1.70 bits per heavy atom. The molecule has 0 aliphatic carbocycles. The number of nitrogens with zero attached hydrogens (tertiary/aromatic N) is 1. The average Bonchev–Trinajstić information content (AvgIpc) is 3.29. The second-order valence-corrected chi connectivity index (χ2v) is 7.79. The van der Waals surface area contributed by atoms with Gasteiger partial charge in [0.25, 0.3) is 5.91 Å². The van der Waals surface area contributed by atoms with Gasteiger partial charge >= 0.3 is 0 Å². The maximum Gasteiger partial charge on any atom is 0.270 e. The van der Waals surface area contributed by atoms with Crippen LogP contribution in [0, 0.1) is 0 Å². The Labute approximate surface area is 193 Å². The van der Waals surface area contributed by atoms with Gasteiger partial charge in [0, 0.05) is 25.0 Å². The summed E-state index contributed by atoms with van der Waals surface area (Å²) in [5.74, 6) is 0.850. The second kappa shape index (κ2) is 10.7. The highest BCUT2D eigenvalue weighted by Gasteiger charge is 2.44. The van der Waals surface area contributed by atoms with Crippen LogP contribution in [0.15, 0.2) is 89.9 Å². The fourth-order valence-electron chi connectivity index (χ4n) is 3.53. The third-order valence-electron chi connectivity index (χ3n) is 5.29. The lowest BCUT2D eigenvalue weighted by atomic mass is 9.91. The van der Waals surface area contributed by atoms with Gasteiger partial charge in [-0.1, -0.05) is 48.5 Å². The molecule has 0 radical (unpaired) electrons. The normalized spacial score (nSPS) is 17.1. The van der Waals surface area contributed by atoms with Crippen molar-refractivity contribution in [2.45, 2.75) is 18.4 Å². The summed E-state index contributed by atoms with van der Waals surface area (Å²) in [5, 5.41) is 8.89. The van der Waals surface area contributed by atoms with Crippen molar-refractivity contribution in [1.29, 1.82) is 0 Å². The minimum Gasteiger partial charge on any atom is -0.494 e. The Morgan fingerprint density at radius 3 is 2.39 bits per heavy atom. The monoisotopic (exact) mass is 445 g/mol. The third kappa shape index (κ3) is 5.70. The average molecular weight is 446 g/mol. The number of rotatable bonds is 10. The van der Waals surface area contributed by atoms with Gasteiger partial charge < -0.3 is 14.6 Å². The number of para-hydroxylation sites is 1. The van der Waals surface area contributed by atoms with E-state index >= 15 is 0 Å². The highest BCUT2D eigenvalue weighted by Crippen LogP contribution is 2.27. The molecular weight excluding hydrogens is 418 g/mol. The molecule has 0 aromatic heterocycles. The molecule has 7 heteroatoms. The lowest BCUT2D eigenvalue weighted by molar-refractivity contribution is -0.126. The largest absolute Gasteiger partial charge is 0.494 e. The predicted molar refractivity (Wildman–Crippen MR) is 127 cm³/mol. The predicted octanol–water partition coefficient (Wildman–Crippen LogP) is 3.35. The van der Waals surface area contributed by atoms with Gasteiger partial charge in [-0.05, 0) is 42.0 Å². The summed E-state index contributed by atoms with van der Waals surface area (Å²) in [6.45, 7) is 0.670. The molecule has 3 aromatic carbocycles. The molecule has 1 heterocycles. The molecule has 1 aliphatic rings. The molecule has 170 valence electrons. The molecule has 0 spiro atoms. The summed E-state index contributed by atoms with van der Waals surface area (Å²) in [6.07, 6.45) is 0.980. The fourth-order valence-corrected chi connectivity index (χ4v) is 3.53. The van der Waals surface area contributed by atoms with E-state index in [-0.39, 0.29) is 19.1 Å². The van der Waals surface area contributed by atoms with Crippen molar-refractivity contribution in [2.75, 3.05) is 25.2 Å². The number of nitrogens with one attached hydrogen (secondary N) is 2. The van der Waals surface area contributed by atoms with Crippen LogP contribution in [0.25, 0.3) is 0 Å². The maximum atomic E-state index is 13.3. The molecule has 3 aromatic rings. The molecule has 1 atom stereocenters. The van der Waals surface area contributed by atoms with Gasteiger partial charge in [-0.3, -0.25) is 15.6 Å². The van der Waals surface area contributed by atoms with E-state index in [1.165, 1.54) is 0 Å². The number of aliphatic imine (C=N–C) groups is 1. The van der Waals surface area contributed by atoms with Crippen LogP contribution in [-0.2, 0) is 16.0 Å². The van der Waals surface area contributed by atoms with Gasteiger partial charge in [-0.25, -0.2) is 4.99 Å². The zero-order valence-electron chi connectivity index (χ0n) is 18.2. The first-order valence-electron chi connectivity index (χ1n) is 10.9. The van der Waals surface area contributed by atoms with Crippen LogP contribution in [0.5, 0.6) is 5.75 Å². The first-order valence-corrected chi connectivity index (χ1v) is 10.9. The molecule has 0 bridgehead atoms. The summed E-state index contributed by atoms with van der Waals surface area (Å²) in [7, 11) is 0. The number of ether oxygens (including phenoxy) is 2. The first-order chi connectivity index (χ1) is 16.2. The molecular formula is C26H27N3O4. The summed E-state index contributed by atoms with van der Waals surface area (Å²) >= 11 is 0. The van der Waals surface area contributed by atoms with Crippen molar-refractivity contribution in [3.63, 3.8) is 0 Å². The molecule has 4 rings (SSSR count). The number of hydrogen-bond donors (Lipinski definition) is 3. The molecule has 0 unspecified atom stereocenters. The SMILES string of the molecule is O=C(NNc1ccccc1)[C@]1(Cc2ccccc2)COC(c2ccc(OCCCO)cc2)=N1. The van der Waals surface area contributed by atoms with Crippen LogP contribution in [0.1, 0.15) is 17.5 Å². The summed E-state index contributed by atoms with van der Waals surface area (Å²) < 4.78 is 11.5.